The van der Waals surface area contributed by atoms with Gasteiger partial charge >= 0.3 is 0 Å². The topological polar surface area (TPSA) is 80.1 Å². The van der Waals surface area contributed by atoms with Crippen molar-refractivity contribution in [2.24, 2.45) is 0 Å². The van der Waals surface area contributed by atoms with Gasteiger partial charge in [0.05, 0.1) is 18.1 Å². The van der Waals surface area contributed by atoms with Crippen LogP contribution >= 0.6 is 0 Å². The molecule has 4 rings (SSSR count). The Morgan fingerprint density at radius 1 is 1.13 bits per heavy atom. The first-order valence-electron chi connectivity index (χ1n) is 10.5. The maximum atomic E-state index is 12.8. The summed E-state index contributed by atoms with van der Waals surface area (Å²) in [5.74, 6) is -0.452. The van der Waals surface area contributed by atoms with Crippen LogP contribution in [0.25, 0.3) is 11.0 Å². The molecule has 0 saturated heterocycles. The number of carbonyl (C=O) groups is 2. The molecule has 7 nitrogen and oxygen atoms in total. The Balaban J connectivity index is 1.41. The number of amides is 2. The maximum Gasteiger partial charge on any atom is 0.254 e. The number of hydrogen-bond donors (Lipinski definition) is 1. The predicted octanol–water partition coefficient (Wildman–Crippen LogP) is 3.82. The van der Waals surface area contributed by atoms with Crippen LogP contribution in [0.4, 0.5) is 5.69 Å². The molecular formula is C23H27N5O2. The number of benzene rings is 2. The van der Waals surface area contributed by atoms with E-state index in [1.54, 1.807) is 19.2 Å². The quantitative estimate of drug-likeness (QED) is 0.676. The number of likely N-dealkylation sites (N-methyl/N-ethyl adjacent to an activating group) is 1. The largest absolute Gasteiger partial charge is 0.332 e. The van der Waals surface area contributed by atoms with Gasteiger partial charge in [-0.15, -0.1) is 5.10 Å². The van der Waals surface area contributed by atoms with Crippen LogP contribution in [0.3, 0.4) is 0 Å². The summed E-state index contributed by atoms with van der Waals surface area (Å²) in [7, 11) is 1.63. The smallest absolute Gasteiger partial charge is 0.254 e. The van der Waals surface area contributed by atoms with Gasteiger partial charge in [-0.3, -0.25) is 9.59 Å². The van der Waals surface area contributed by atoms with Gasteiger partial charge in [0.2, 0.25) is 5.91 Å². The second-order valence-corrected chi connectivity index (χ2v) is 7.94. The number of rotatable bonds is 6. The van der Waals surface area contributed by atoms with Crippen molar-refractivity contribution in [1.29, 1.82) is 0 Å². The third kappa shape index (κ3) is 4.20. The third-order valence-electron chi connectivity index (χ3n) is 5.76. The van der Waals surface area contributed by atoms with Crippen LogP contribution in [-0.2, 0) is 11.2 Å². The number of aromatic nitrogens is 3. The Bertz CT molecular complexity index is 1050. The summed E-state index contributed by atoms with van der Waals surface area (Å²) in [5.41, 5.74) is 4.10. The number of fused-ring (bicyclic) bond motifs is 1. The lowest BCUT2D eigenvalue weighted by Crippen LogP contribution is -2.34. The molecule has 156 valence electrons. The Hall–Kier alpha value is -3.22. The minimum Gasteiger partial charge on any atom is -0.332 e. The fourth-order valence-corrected chi connectivity index (χ4v) is 4.03. The van der Waals surface area contributed by atoms with E-state index in [1.807, 2.05) is 35.0 Å². The van der Waals surface area contributed by atoms with Crippen molar-refractivity contribution >= 4 is 28.5 Å². The summed E-state index contributed by atoms with van der Waals surface area (Å²) in [6.45, 7) is 2.06. The van der Waals surface area contributed by atoms with Crippen molar-refractivity contribution in [1.82, 2.24) is 19.9 Å². The molecular weight excluding hydrogens is 378 g/mol. The minimum absolute atomic E-state index is 0.0266. The van der Waals surface area contributed by atoms with Crippen molar-refractivity contribution < 1.29 is 9.59 Å². The fraction of sp³-hybridized carbons (Fsp3) is 0.391. The van der Waals surface area contributed by atoms with E-state index in [0.717, 1.165) is 30.5 Å². The van der Waals surface area contributed by atoms with E-state index in [-0.39, 0.29) is 18.4 Å². The summed E-state index contributed by atoms with van der Waals surface area (Å²) < 4.78 is 1.98. The maximum absolute atomic E-state index is 12.8. The Morgan fingerprint density at radius 3 is 2.57 bits per heavy atom. The van der Waals surface area contributed by atoms with Gasteiger partial charge in [0.1, 0.15) is 5.52 Å². The van der Waals surface area contributed by atoms with Crippen molar-refractivity contribution in [3.63, 3.8) is 0 Å². The van der Waals surface area contributed by atoms with Crippen molar-refractivity contribution in [3.8, 4) is 0 Å². The standard InChI is InChI=1S/C23H27N5O2/c1-3-16-8-11-18(12-9-16)24-22(29)15-27(2)23(30)17-10-13-21-20(14-17)25-26-28(21)19-6-4-5-7-19/h8-14,19H,3-7,15H2,1-2H3,(H,24,29). The van der Waals surface area contributed by atoms with Gasteiger partial charge < -0.3 is 10.2 Å². The number of anilines is 1. The number of aryl methyl sites for hydroxylation is 1. The van der Waals surface area contributed by atoms with Crippen LogP contribution in [0, 0.1) is 0 Å². The second kappa shape index (κ2) is 8.65. The summed E-state index contributed by atoms with van der Waals surface area (Å²) in [5, 5.41) is 11.4. The molecule has 1 N–H and O–H groups in total. The minimum atomic E-state index is -0.233. The molecule has 2 aromatic carbocycles. The number of hydrogen-bond acceptors (Lipinski definition) is 4. The molecule has 1 aliphatic carbocycles. The molecule has 1 aromatic heterocycles. The first kappa shape index (κ1) is 20.1. The second-order valence-electron chi connectivity index (χ2n) is 7.94. The molecule has 1 heterocycles. The van der Waals surface area contributed by atoms with Gasteiger partial charge in [-0.1, -0.05) is 37.1 Å². The van der Waals surface area contributed by atoms with Crippen molar-refractivity contribution in [2.45, 2.75) is 45.1 Å². The van der Waals surface area contributed by atoms with E-state index in [0.29, 0.717) is 17.1 Å². The molecule has 0 bridgehead atoms. The van der Waals surface area contributed by atoms with Crippen LogP contribution in [0.1, 0.15) is 54.6 Å². The van der Waals surface area contributed by atoms with Crippen LogP contribution in [0.15, 0.2) is 42.5 Å². The first-order chi connectivity index (χ1) is 14.5. The molecule has 0 radical (unpaired) electrons. The molecule has 0 spiro atoms. The highest BCUT2D eigenvalue weighted by Crippen LogP contribution is 2.31. The van der Waals surface area contributed by atoms with E-state index in [9.17, 15) is 9.59 Å². The summed E-state index contributed by atoms with van der Waals surface area (Å²) in [6.07, 6.45) is 5.64. The van der Waals surface area contributed by atoms with Gasteiger partial charge in [0, 0.05) is 18.3 Å². The van der Waals surface area contributed by atoms with E-state index in [1.165, 1.54) is 23.3 Å². The highest BCUT2D eigenvalue weighted by atomic mass is 16.2. The van der Waals surface area contributed by atoms with Crippen LogP contribution in [-0.4, -0.2) is 45.3 Å². The molecule has 0 atom stereocenters. The monoisotopic (exact) mass is 405 g/mol. The highest BCUT2D eigenvalue weighted by molar-refractivity contribution is 6.00. The normalized spacial score (nSPS) is 14.2. The molecule has 30 heavy (non-hydrogen) atoms. The van der Waals surface area contributed by atoms with Crippen LogP contribution in [0.2, 0.25) is 0 Å². The average Bonchev–Trinajstić information content (AvgIpc) is 3.42. The predicted molar refractivity (Wildman–Crippen MR) is 116 cm³/mol. The van der Waals surface area contributed by atoms with Gasteiger partial charge in [0.15, 0.2) is 0 Å². The van der Waals surface area contributed by atoms with Crippen molar-refractivity contribution in [2.75, 3.05) is 18.9 Å². The summed E-state index contributed by atoms with van der Waals surface area (Å²) in [6, 6.07) is 13.6. The van der Waals surface area contributed by atoms with E-state index in [4.69, 9.17) is 0 Å². The lowest BCUT2D eigenvalue weighted by molar-refractivity contribution is -0.116. The zero-order valence-electron chi connectivity index (χ0n) is 17.5. The summed E-state index contributed by atoms with van der Waals surface area (Å²) in [4.78, 5) is 26.6. The van der Waals surface area contributed by atoms with Gasteiger partial charge in [-0.05, 0) is 55.2 Å². The number of nitrogens with zero attached hydrogens (tertiary/aromatic N) is 4. The molecule has 0 unspecified atom stereocenters. The van der Waals surface area contributed by atoms with E-state index >= 15 is 0 Å². The Kier molecular flexibility index (Phi) is 5.79. The summed E-state index contributed by atoms with van der Waals surface area (Å²) >= 11 is 0. The van der Waals surface area contributed by atoms with Crippen LogP contribution in [0.5, 0.6) is 0 Å². The molecule has 0 aliphatic heterocycles. The van der Waals surface area contributed by atoms with E-state index < -0.39 is 0 Å². The number of nitrogens with one attached hydrogen (secondary N) is 1. The first-order valence-corrected chi connectivity index (χ1v) is 10.5. The molecule has 1 fully saturated rings. The Labute approximate surface area is 176 Å². The molecule has 2 amide bonds. The SMILES string of the molecule is CCc1ccc(NC(=O)CN(C)C(=O)c2ccc3c(c2)nnn3C2CCCC2)cc1. The zero-order chi connectivity index (χ0) is 21.1. The average molecular weight is 406 g/mol. The van der Waals surface area contributed by atoms with Crippen LogP contribution < -0.4 is 5.32 Å². The van der Waals surface area contributed by atoms with E-state index in [2.05, 4.69) is 22.6 Å². The van der Waals surface area contributed by atoms with Gasteiger partial charge in [-0.25, -0.2) is 4.68 Å². The van der Waals surface area contributed by atoms with Crippen molar-refractivity contribution in [3.05, 3.63) is 53.6 Å². The molecule has 3 aromatic rings. The molecule has 1 aliphatic rings. The fourth-order valence-electron chi connectivity index (χ4n) is 4.03. The highest BCUT2D eigenvalue weighted by Gasteiger charge is 2.21. The lowest BCUT2D eigenvalue weighted by atomic mass is 10.1. The number of carbonyl (C=O) groups excluding carboxylic acids is 2. The van der Waals surface area contributed by atoms with Gasteiger partial charge in [-0.2, -0.15) is 0 Å². The van der Waals surface area contributed by atoms with Gasteiger partial charge in [0.25, 0.3) is 5.91 Å². The lowest BCUT2D eigenvalue weighted by Gasteiger charge is -2.17. The zero-order valence-corrected chi connectivity index (χ0v) is 17.5. The molecule has 7 heteroatoms. The third-order valence-corrected chi connectivity index (χ3v) is 5.76. The Morgan fingerprint density at radius 2 is 1.87 bits per heavy atom. The molecule has 1 saturated carbocycles.